The van der Waals surface area contributed by atoms with E-state index in [1.165, 1.54) is 6.42 Å². The minimum atomic E-state index is -0.630. The first-order chi connectivity index (χ1) is 10.8. The van der Waals surface area contributed by atoms with Crippen LogP contribution >= 0.6 is 0 Å². The lowest BCUT2D eigenvalue weighted by atomic mass is 9.89. The van der Waals surface area contributed by atoms with Crippen LogP contribution in [-0.2, 0) is 23.7 Å². The highest BCUT2D eigenvalue weighted by molar-refractivity contribution is 4.97. The topological polar surface area (TPSA) is 66.4 Å². The number of hydrogen-bond acceptors (Lipinski definition) is 6. The summed E-state index contributed by atoms with van der Waals surface area (Å²) in [5.74, 6) is 0.632. The van der Waals surface area contributed by atoms with E-state index in [0.717, 1.165) is 32.3 Å². The number of fused-ring (bicyclic) bond motifs is 1. The van der Waals surface area contributed by atoms with Gasteiger partial charge in [-0.05, 0) is 31.1 Å². The van der Waals surface area contributed by atoms with Gasteiger partial charge in [-0.15, -0.1) is 0 Å². The second-order valence-corrected chi connectivity index (χ2v) is 6.81. The third-order valence-electron chi connectivity index (χ3n) is 5.40. The van der Waals surface area contributed by atoms with E-state index in [-0.39, 0.29) is 24.8 Å². The molecule has 1 N–H and O–H groups in total. The molecule has 126 valence electrons. The zero-order chi connectivity index (χ0) is 14.9. The van der Waals surface area contributed by atoms with E-state index in [1.807, 2.05) is 0 Å². The molecule has 1 saturated carbocycles. The van der Waals surface area contributed by atoms with Crippen molar-refractivity contribution in [3.63, 3.8) is 0 Å². The highest BCUT2D eigenvalue weighted by Gasteiger charge is 2.51. The van der Waals surface area contributed by atoms with E-state index >= 15 is 0 Å². The molecule has 0 aromatic carbocycles. The molecule has 6 nitrogen and oxygen atoms in total. The fourth-order valence-electron chi connectivity index (χ4n) is 4.37. The van der Waals surface area contributed by atoms with Crippen molar-refractivity contribution in [3.8, 4) is 0 Å². The average molecular weight is 314 g/mol. The van der Waals surface area contributed by atoms with Gasteiger partial charge < -0.3 is 28.8 Å². The first kappa shape index (κ1) is 15.3. The summed E-state index contributed by atoms with van der Waals surface area (Å²) in [6.07, 6.45) is 4.94. The lowest BCUT2D eigenvalue weighted by molar-refractivity contribution is -0.203. The lowest BCUT2D eigenvalue weighted by Crippen LogP contribution is -2.33. The van der Waals surface area contributed by atoms with Crippen molar-refractivity contribution in [1.82, 2.24) is 0 Å². The van der Waals surface area contributed by atoms with Crippen molar-refractivity contribution in [2.24, 2.45) is 11.8 Å². The molecule has 6 unspecified atom stereocenters. The molecular formula is C16H26O6. The van der Waals surface area contributed by atoms with Crippen LogP contribution in [0.1, 0.15) is 38.5 Å². The number of hydrogen-bond donors (Lipinski definition) is 1. The maximum atomic E-state index is 9.77. The molecule has 4 aliphatic rings. The molecule has 0 bridgehead atoms. The van der Waals surface area contributed by atoms with Gasteiger partial charge in [-0.3, -0.25) is 0 Å². The molecule has 1 aliphatic carbocycles. The van der Waals surface area contributed by atoms with E-state index < -0.39 is 6.29 Å². The minimum absolute atomic E-state index is 0.0876. The zero-order valence-electron chi connectivity index (χ0n) is 12.9. The summed E-state index contributed by atoms with van der Waals surface area (Å²) >= 11 is 0. The Balaban J connectivity index is 1.41. The molecular weight excluding hydrogens is 288 g/mol. The van der Waals surface area contributed by atoms with Crippen molar-refractivity contribution >= 4 is 0 Å². The molecule has 4 rings (SSSR count). The fraction of sp³-hybridized carbons (Fsp3) is 1.00. The standard InChI is InChI=1S/C16H26O6/c17-14-7-10-11(8-16-19-5-6-20-16)13(9-12(10)21-14)22-15-3-1-2-4-18-15/h10-17H,1-9H2. The van der Waals surface area contributed by atoms with Crippen molar-refractivity contribution < 1.29 is 28.8 Å². The Bertz CT molecular complexity index is 366. The summed E-state index contributed by atoms with van der Waals surface area (Å²) in [7, 11) is 0. The summed E-state index contributed by atoms with van der Waals surface area (Å²) < 4.78 is 28.9. The van der Waals surface area contributed by atoms with Crippen molar-refractivity contribution in [2.45, 2.75) is 69.6 Å². The normalized spacial score (nSPS) is 46.2. The number of rotatable bonds is 4. The van der Waals surface area contributed by atoms with E-state index in [1.54, 1.807) is 0 Å². The Morgan fingerprint density at radius 1 is 1.00 bits per heavy atom. The summed E-state index contributed by atoms with van der Waals surface area (Å²) in [6, 6.07) is 0. The van der Waals surface area contributed by atoms with Crippen molar-refractivity contribution in [2.75, 3.05) is 19.8 Å². The minimum Gasteiger partial charge on any atom is -0.368 e. The molecule has 22 heavy (non-hydrogen) atoms. The Kier molecular flexibility index (Phi) is 4.66. The van der Waals surface area contributed by atoms with Gasteiger partial charge in [-0.1, -0.05) is 0 Å². The van der Waals surface area contributed by atoms with Gasteiger partial charge in [0.05, 0.1) is 25.4 Å². The fourth-order valence-corrected chi connectivity index (χ4v) is 4.37. The highest BCUT2D eigenvalue weighted by Crippen LogP contribution is 2.47. The van der Waals surface area contributed by atoms with Crippen LogP contribution < -0.4 is 0 Å². The van der Waals surface area contributed by atoms with Crippen LogP contribution in [-0.4, -0.2) is 56.0 Å². The largest absolute Gasteiger partial charge is 0.368 e. The molecule has 0 aromatic rings. The maximum absolute atomic E-state index is 9.77. The van der Waals surface area contributed by atoms with Crippen LogP contribution in [0.2, 0.25) is 0 Å². The summed E-state index contributed by atoms with van der Waals surface area (Å²) in [6.45, 7) is 2.13. The quantitative estimate of drug-likeness (QED) is 0.846. The van der Waals surface area contributed by atoms with Crippen molar-refractivity contribution in [3.05, 3.63) is 0 Å². The second kappa shape index (κ2) is 6.71. The first-order valence-corrected chi connectivity index (χ1v) is 8.63. The van der Waals surface area contributed by atoms with Crippen LogP contribution in [0.4, 0.5) is 0 Å². The number of aliphatic hydroxyl groups excluding tert-OH is 1. The number of aliphatic hydroxyl groups is 1. The SMILES string of the molecule is OC1CC2C(CC(OC3CCCCO3)C2CC2OCCO2)O1. The molecule has 3 aliphatic heterocycles. The smallest absolute Gasteiger partial charge is 0.158 e. The molecule has 0 amide bonds. The summed E-state index contributed by atoms with van der Waals surface area (Å²) in [4.78, 5) is 0. The predicted octanol–water partition coefficient (Wildman–Crippen LogP) is 1.40. The molecule has 6 atom stereocenters. The average Bonchev–Trinajstić information content (AvgIpc) is 3.20. The van der Waals surface area contributed by atoms with Crippen LogP contribution in [0, 0.1) is 11.8 Å². The van der Waals surface area contributed by atoms with Gasteiger partial charge >= 0.3 is 0 Å². The Morgan fingerprint density at radius 2 is 1.86 bits per heavy atom. The Hall–Kier alpha value is -0.240. The van der Waals surface area contributed by atoms with Crippen LogP contribution in [0.15, 0.2) is 0 Å². The third-order valence-corrected chi connectivity index (χ3v) is 5.40. The van der Waals surface area contributed by atoms with Gasteiger partial charge in [0.15, 0.2) is 18.9 Å². The van der Waals surface area contributed by atoms with Gasteiger partial charge in [0.1, 0.15) is 0 Å². The third kappa shape index (κ3) is 3.18. The second-order valence-electron chi connectivity index (χ2n) is 6.81. The molecule has 6 heteroatoms. The highest BCUT2D eigenvalue weighted by atomic mass is 16.7. The van der Waals surface area contributed by atoms with Crippen LogP contribution in [0.3, 0.4) is 0 Å². The Labute approximate surface area is 131 Å². The van der Waals surface area contributed by atoms with E-state index in [4.69, 9.17) is 23.7 Å². The van der Waals surface area contributed by atoms with E-state index in [2.05, 4.69) is 0 Å². The first-order valence-electron chi connectivity index (χ1n) is 8.63. The molecule has 3 saturated heterocycles. The van der Waals surface area contributed by atoms with Gasteiger partial charge in [-0.25, -0.2) is 0 Å². The van der Waals surface area contributed by atoms with Crippen LogP contribution in [0.25, 0.3) is 0 Å². The summed E-state index contributed by atoms with van der Waals surface area (Å²) in [5.41, 5.74) is 0. The van der Waals surface area contributed by atoms with Gasteiger partial charge in [0, 0.05) is 25.9 Å². The predicted molar refractivity (Wildman–Crippen MR) is 75.9 cm³/mol. The van der Waals surface area contributed by atoms with Gasteiger partial charge in [0.25, 0.3) is 0 Å². The van der Waals surface area contributed by atoms with Gasteiger partial charge in [0.2, 0.25) is 0 Å². The molecule has 4 fully saturated rings. The van der Waals surface area contributed by atoms with E-state index in [0.29, 0.717) is 31.5 Å². The van der Waals surface area contributed by atoms with Crippen molar-refractivity contribution in [1.29, 1.82) is 0 Å². The molecule has 0 spiro atoms. The Morgan fingerprint density at radius 3 is 2.64 bits per heavy atom. The monoisotopic (exact) mass is 314 g/mol. The molecule has 0 radical (unpaired) electrons. The van der Waals surface area contributed by atoms with Gasteiger partial charge in [-0.2, -0.15) is 0 Å². The summed E-state index contributed by atoms with van der Waals surface area (Å²) in [5, 5.41) is 9.77. The maximum Gasteiger partial charge on any atom is 0.158 e. The van der Waals surface area contributed by atoms with Crippen LogP contribution in [0.5, 0.6) is 0 Å². The number of ether oxygens (including phenoxy) is 5. The molecule has 0 aromatic heterocycles. The lowest BCUT2D eigenvalue weighted by Gasteiger charge is -2.31. The molecule has 3 heterocycles. The zero-order valence-corrected chi connectivity index (χ0v) is 12.9. The van der Waals surface area contributed by atoms with E-state index in [9.17, 15) is 5.11 Å².